The van der Waals surface area contributed by atoms with Crippen molar-refractivity contribution in [1.29, 1.82) is 0 Å². The monoisotopic (exact) mass is 452 g/mol. The van der Waals surface area contributed by atoms with Crippen molar-refractivity contribution in [3.05, 3.63) is 64.4 Å². The highest BCUT2D eigenvalue weighted by molar-refractivity contribution is 7.99. The number of hydrogen-bond donors (Lipinski definition) is 2. The summed E-state index contributed by atoms with van der Waals surface area (Å²) in [5, 5.41) is 5.88. The Morgan fingerprint density at radius 1 is 1.03 bits per heavy atom. The van der Waals surface area contributed by atoms with Crippen LogP contribution in [0.1, 0.15) is 39.2 Å². The van der Waals surface area contributed by atoms with Crippen molar-refractivity contribution in [2.24, 2.45) is 5.92 Å². The molecule has 1 heterocycles. The Labute approximate surface area is 191 Å². The van der Waals surface area contributed by atoms with Crippen molar-refractivity contribution in [2.75, 3.05) is 12.3 Å². The molecule has 32 heavy (non-hydrogen) atoms. The first-order valence-electron chi connectivity index (χ1n) is 10.6. The summed E-state index contributed by atoms with van der Waals surface area (Å²) in [6, 6.07) is 14.3. The molecule has 0 radical (unpaired) electrons. The first-order valence-corrected chi connectivity index (χ1v) is 11.6. The molecule has 0 aliphatic heterocycles. The van der Waals surface area contributed by atoms with Gasteiger partial charge in [0.25, 0.3) is 5.56 Å². The maximum atomic E-state index is 13.4. The first-order chi connectivity index (χ1) is 15.3. The second-order valence-electron chi connectivity index (χ2n) is 8.21. The lowest BCUT2D eigenvalue weighted by Gasteiger charge is -2.18. The minimum atomic E-state index is -0.529. The number of amides is 3. The number of nitrogens with one attached hydrogen (secondary N) is 2. The molecule has 0 unspecified atom stereocenters. The minimum absolute atomic E-state index is 0.0519. The van der Waals surface area contributed by atoms with Crippen LogP contribution in [-0.2, 0) is 4.79 Å². The average molecular weight is 453 g/mol. The molecule has 168 valence electrons. The molecule has 0 aliphatic rings. The van der Waals surface area contributed by atoms with E-state index in [4.69, 9.17) is 0 Å². The number of aromatic nitrogens is 2. The van der Waals surface area contributed by atoms with Gasteiger partial charge in [-0.05, 0) is 35.6 Å². The van der Waals surface area contributed by atoms with Crippen LogP contribution in [0.5, 0.6) is 0 Å². The van der Waals surface area contributed by atoms with Gasteiger partial charge in [-0.2, -0.15) is 0 Å². The zero-order valence-electron chi connectivity index (χ0n) is 18.7. The Balaban J connectivity index is 1.95. The van der Waals surface area contributed by atoms with Crippen molar-refractivity contribution < 1.29 is 9.59 Å². The summed E-state index contributed by atoms with van der Waals surface area (Å²) >= 11 is 1.13. The van der Waals surface area contributed by atoms with Crippen molar-refractivity contribution in [3.8, 4) is 5.69 Å². The van der Waals surface area contributed by atoms with E-state index in [1.807, 2.05) is 44.2 Å². The number of nitrogens with zero attached hydrogens (tertiary/aromatic N) is 2. The van der Waals surface area contributed by atoms with Crippen molar-refractivity contribution in [2.45, 2.75) is 38.8 Å². The van der Waals surface area contributed by atoms with E-state index < -0.39 is 11.9 Å². The van der Waals surface area contributed by atoms with Gasteiger partial charge in [0.2, 0.25) is 5.91 Å². The lowest BCUT2D eigenvalue weighted by molar-refractivity contribution is -0.117. The van der Waals surface area contributed by atoms with E-state index in [1.54, 1.807) is 22.8 Å². The maximum Gasteiger partial charge on any atom is 0.321 e. The zero-order chi connectivity index (χ0) is 23.3. The molecule has 3 aromatic rings. The lowest BCUT2D eigenvalue weighted by Crippen LogP contribution is -2.41. The summed E-state index contributed by atoms with van der Waals surface area (Å²) < 4.78 is 1.56. The normalized spacial score (nSPS) is 11.2. The van der Waals surface area contributed by atoms with Crippen LogP contribution in [0, 0.1) is 5.92 Å². The molecule has 0 aliphatic carbocycles. The summed E-state index contributed by atoms with van der Waals surface area (Å²) in [7, 11) is 0. The number of carbonyl (C=O) groups is 2. The fourth-order valence-electron chi connectivity index (χ4n) is 3.23. The van der Waals surface area contributed by atoms with E-state index in [0.29, 0.717) is 22.6 Å². The molecule has 3 amide bonds. The molecule has 0 atom stereocenters. The van der Waals surface area contributed by atoms with Crippen LogP contribution in [0.25, 0.3) is 16.6 Å². The molecule has 0 saturated heterocycles. The van der Waals surface area contributed by atoms with E-state index in [-0.39, 0.29) is 23.1 Å². The Hall–Kier alpha value is -3.13. The molecular weight excluding hydrogens is 424 g/mol. The highest BCUT2D eigenvalue weighted by Crippen LogP contribution is 2.27. The molecule has 8 heteroatoms. The third-order valence-corrected chi connectivity index (χ3v) is 5.74. The number of para-hydroxylation sites is 2. The van der Waals surface area contributed by atoms with Crippen LogP contribution in [-0.4, -0.2) is 33.8 Å². The number of urea groups is 1. The average Bonchev–Trinajstić information content (AvgIpc) is 2.76. The van der Waals surface area contributed by atoms with Crippen molar-refractivity contribution >= 4 is 34.6 Å². The number of thioether (sulfide) groups is 1. The van der Waals surface area contributed by atoms with Gasteiger partial charge in [-0.3, -0.25) is 19.5 Å². The smallest absolute Gasteiger partial charge is 0.321 e. The first kappa shape index (κ1) is 23.5. The third kappa shape index (κ3) is 5.56. The Bertz CT molecular complexity index is 1190. The number of hydrogen-bond acceptors (Lipinski definition) is 5. The summed E-state index contributed by atoms with van der Waals surface area (Å²) in [5.74, 6) is -0.0378. The maximum absolute atomic E-state index is 13.4. The second kappa shape index (κ2) is 10.5. The topological polar surface area (TPSA) is 93.1 Å². The van der Waals surface area contributed by atoms with E-state index >= 15 is 0 Å². The van der Waals surface area contributed by atoms with Gasteiger partial charge < -0.3 is 5.32 Å². The highest BCUT2D eigenvalue weighted by Gasteiger charge is 2.18. The van der Waals surface area contributed by atoms with Gasteiger partial charge in [0.15, 0.2) is 5.16 Å². The van der Waals surface area contributed by atoms with Gasteiger partial charge in [-0.25, -0.2) is 9.78 Å². The van der Waals surface area contributed by atoms with E-state index in [2.05, 4.69) is 29.5 Å². The Morgan fingerprint density at radius 2 is 1.72 bits per heavy atom. The van der Waals surface area contributed by atoms with Gasteiger partial charge in [0, 0.05) is 6.54 Å². The highest BCUT2D eigenvalue weighted by atomic mass is 32.2. The third-order valence-electron chi connectivity index (χ3n) is 4.80. The van der Waals surface area contributed by atoms with Crippen molar-refractivity contribution in [1.82, 2.24) is 20.2 Å². The predicted molar refractivity (Wildman–Crippen MR) is 129 cm³/mol. The SMILES string of the molecule is CC(C)CNC(=O)NC(=O)CSc1nc2ccccc2c(=O)n1-c1ccccc1C(C)C. The standard InChI is InChI=1S/C24H28N4O3S/c1-15(2)13-25-23(31)27-21(29)14-32-24-26-19-11-7-5-10-18(19)22(30)28(24)20-12-8-6-9-17(20)16(3)4/h5-12,15-16H,13-14H2,1-4H3,(H2,25,27,29,31). The van der Waals surface area contributed by atoms with Gasteiger partial charge in [-0.15, -0.1) is 0 Å². The second-order valence-corrected chi connectivity index (χ2v) is 9.15. The van der Waals surface area contributed by atoms with Crippen LogP contribution in [0.4, 0.5) is 4.79 Å². The minimum Gasteiger partial charge on any atom is -0.338 e. The molecule has 0 spiro atoms. The van der Waals surface area contributed by atoms with Crippen LogP contribution < -0.4 is 16.2 Å². The molecule has 2 aromatic carbocycles. The van der Waals surface area contributed by atoms with Gasteiger partial charge in [0.1, 0.15) is 0 Å². The fraction of sp³-hybridized carbons (Fsp3) is 0.333. The largest absolute Gasteiger partial charge is 0.338 e. The molecule has 0 saturated carbocycles. The van der Waals surface area contributed by atoms with Gasteiger partial charge >= 0.3 is 6.03 Å². The lowest BCUT2D eigenvalue weighted by atomic mass is 10.0. The Morgan fingerprint density at radius 3 is 2.44 bits per heavy atom. The van der Waals surface area contributed by atoms with Gasteiger partial charge in [0.05, 0.1) is 22.3 Å². The summed E-state index contributed by atoms with van der Waals surface area (Å²) in [5.41, 5.74) is 2.11. The number of rotatable bonds is 7. The number of benzene rings is 2. The molecule has 1 aromatic heterocycles. The zero-order valence-corrected chi connectivity index (χ0v) is 19.5. The van der Waals surface area contributed by atoms with E-state index in [1.165, 1.54) is 0 Å². The summed E-state index contributed by atoms with van der Waals surface area (Å²) in [4.78, 5) is 42.3. The van der Waals surface area contributed by atoms with E-state index in [0.717, 1.165) is 23.0 Å². The molecule has 0 fully saturated rings. The molecule has 0 bridgehead atoms. The number of imide groups is 1. The van der Waals surface area contributed by atoms with Crippen LogP contribution in [0.15, 0.2) is 58.5 Å². The Kier molecular flexibility index (Phi) is 7.69. The molecule has 2 N–H and O–H groups in total. The van der Waals surface area contributed by atoms with E-state index in [9.17, 15) is 14.4 Å². The fourth-order valence-corrected chi connectivity index (χ4v) is 4.04. The predicted octanol–water partition coefficient (Wildman–Crippen LogP) is 4.08. The summed E-state index contributed by atoms with van der Waals surface area (Å²) in [6.45, 7) is 8.54. The van der Waals surface area contributed by atoms with Crippen LogP contribution >= 0.6 is 11.8 Å². The molecule has 7 nitrogen and oxygen atoms in total. The number of fused-ring (bicyclic) bond motifs is 1. The summed E-state index contributed by atoms with van der Waals surface area (Å²) in [6.07, 6.45) is 0. The quantitative estimate of drug-likeness (QED) is 0.416. The van der Waals surface area contributed by atoms with Crippen LogP contribution in [0.3, 0.4) is 0 Å². The number of carbonyl (C=O) groups excluding carboxylic acids is 2. The van der Waals surface area contributed by atoms with Gasteiger partial charge in [-0.1, -0.05) is 69.8 Å². The van der Waals surface area contributed by atoms with Crippen LogP contribution in [0.2, 0.25) is 0 Å². The molecular formula is C24H28N4O3S. The van der Waals surface area contributed by atoms with Crippen molar-refractivity contribution in [3.63, 3.8) is 0 Å². The molecule has 3 rings (SSSR count).